The van der Waals surface area contributed by atoms with E-state index in [-0.39, 0.29) is 33.7 Å². The summed E-state index contributed by atoms with van der Waals surface area (Å²) in [6.45, 7) is 21.2. The van der Waals surface area contributed by atoms with Gasteiger partial charge in [0.15, 0.2) is 0 Å². The first-order chi connectivity index (χ1) is 14.9. The molecule has 0 nitrogen and oxygen atoms in total. The first-order valence-electron chi connectivity index (χ1n) is 14.1. The quantitative estimate of drug-likeness (QED) is 0.200. The van der Waals surface area contributed by atoms with Crippen LogP contribution in [-0.2, 0) is 57.4 Å². The van der Waals surface area contributed by atoms with Gasteiger partial charge >= 0.3 is 19.5 Å². The molecule has 9 atom stereocenters. The van der Waals surface area contributed by atoms with E-state index in [1.807, 2.05) is 0 Å². The molecular formula is C30H51RhS3. The van der Waals surface area contributed by atoms with Crippen molar-refractivity contribution in [3.63, 3.8) is 0 Å². The monoisotopic (exact) mass is 610 g/mol. The second-order valence-electron chi connectivity index (χ2n) is 15.0. The summed E-state index contributed by atoms with van der Waals surface area (Å²) in [4.78, 5) is 0. The van der Waals surface area contributed by atoms with Crippen LogP contribution in [0.3, 0.4) is 0 Å². The van der Waals surface area contributed by atoms with E-state index < -0.39 is 0 Å². The first-order valence-corrected chi connectivity index (χ1v) is 15.3. The van der Waals surface area contributed by atoms with Crippen molar-refractivity contribution in [1.82, 2.24) is 0 Å². The molecule has 0 saturated heterocycles. The Labute approximate surface area is 242 Å². The fourth-order valence-electron chi connectivity index (χ4n) is 9.25. The van der Waals surface area contributed by atoms with Gasteiger partial charge in [0.25, 0.3) is 0 Å². The van der Waals surface area contributed by atoms with Crippen LogP contribution in [0.1, 0.15) is 120 Å². The molecule has 9 aliphatic rings. The summed E-state index contributed by atoms with van der Waals surface area (Å²) in [6.07, 6.45) is 12.3. The largest absolute Gasteiger partial charge is 3.00 e. The number of rotatable bonds is 0. The van der Waals surface area contributed by atoms with Gasteiger partial charge in [-0.3, -0.25) is 0 Å². The molecule has 0 N–H and O–H groups in total. The fourth-order valence-corrected chi connectivity index (χ4v) is 10.7. The normalized spacial score (nSPS) is 51.9. The van der Waals surface area contributed by atoms with Crippen molar-refractivity contribution >= 4 is 37.9 Å². The van der Waals surface area contributed by atoms with E-state index >= 15 is 0 Å². The fraction of sp³-hybridized carbons (Fsp3) is 1.00. The zero-order valence-electron chi connectivity index (χ0n) is 23.4. The van der Waals surface area contributed by atoms with Crippen molar-refractivity contribution in [3.8, 4) is 0 Å². The van der Waals surface area contributed by atoms with Crippen molar-refractivity contribution < 1.29 is 19.5 Å². The third-order valence-electron chi connectivity index (χ3n) is 13.2. The molecule has 0 radical (unpaired) electrons. The Morgan fingerprint density at radius 3 is 0.765 bits per heavy atom. The van der Waals surface area contributed by atoms with Crippen LogP contribution in [0.5, 0.6) is 0 Å². The van der Waals surface area contributed by atoms with Gasteiger partial charge in [-0.1, -0.05) is 119 Å². The van der Waals surface area contributed by atoms with Crippen LogP contribution in [0.15, 0.2) is 0 Å². The van der Waals surface area contributed by atoms with E-state index in [1.54, 1.807) is 0 Å². The summed E-state index contributed by atoms with van der Waals surface area (Å²) in [5.41, 5.74) is 1.38. The van der Waals surface area contributed by atoms with E-state index in [0.29, 0.717) is 16.2 Å². The molecule has 34 heavy (non-hydrogen) atoms. The molecular weight excluding hydrogens is 559 g/mol. The molecule has 6 bridgehead atoms. The van der Waals surface area contributed by atoms with Gasteiger partial charge in [-0.25, -0.2) is 0 Å². The van der Waals surface area contributed by atoms with Crippen LogP contribution in [0.25, 0.3) is 0 Å². The van der Waals surface area contributed by atoms with Crippen molar-refractivity contribution in [2.24, 2.45) is 51.8 Å². The second-order valence-corrected chi connectivity index (χ2v) is 17.2. The summed E-state index contributed by atoms with van der Waals surface area (Å²) < 4.78 is 0.780. The van der Waals surface area contributed by atoms with Crippen LogP contribution in [0, 0.1) is 51.8 Å². The van der Waals surface area contributed by atoms with Crippen LogP contribution < -0.4 is 0 Å². The zero-order chi connectivity index (χ0) is 24.8. The maximum Gasteiger partial charge on any atom is 3.00 e. The van der Waals surface area contributed by atoms with Crippen LogP contribution in [0.4, 0.5) is 0 Å². The Balaban J connectivity index is 0.000000141. The van der Waals surface area contributed by atoms with Crippen molar-refractivity contribution in [3.05, 3.63) is 0 Å². The summed E-state index contributed by atoms with van der Waals surface area (Å²) in [7, 11) is 0. The minimum Gasteiger partial charge on any atom is -0.785 e. The second kappa shape index (κ2) is 9.40. The average molecular weight is 611 g/mol. The minimum atomic E-state index is 0. The Bertz CT molecular complexity index is 662. The summed E-state index contributed by atoms with van der Waals surface area (Å²) in [5.74, 6) is 5.15. The molecule has 9 aliphatic carbocycles. The predicted molar refractivity (Wildman–Crippen MR) is 151 cm³/mol. The van der Waals surface area contributed by atoms with Gasteiger partial charge in [0.05, 0.1) is 0 Å². The molecule has 0 aromatic heterocycles. The molecule has 0 spiro atoms. The standard InChI is InChI=1S/3C10H18S.Rh/c3*1-7-4-5-8-6-10(7,11)9(8,2)3;/h3*7-8,11H,4-6H2,1-3H3;/q;;;+3/p-3. The maximum atomic E-state index is 5.72. The molecule has 0 amide bonds. The molecule has 9 unspecified atom stereocenters. The predicted octanol–water partition coefficient (Wildman–Crippen LogP) is 8.24. The topological polar surface area (TPSA) is 0 Å². The Morgan fingerprint density at radius 2 is 0.647 bits per heavy atom. The molecule has 0 aliphatic heterocycles. The molecule has 0 aromatic carbocycles. The van der Waals surface area contributed by atoms with Crippen LogP contribution in [-0.4, -0.2) is 14.2 Å². The van der Waals surface area contributed by atoms with E-state index in [4.69, 9.17) is 37.9 Å². The summed E-state index contributed by atoms with van der Waals surface area (Å²) >= 11 is 17.2. The Hall–Kier alpha value is 1.67. The Morgan fingerprint density at radius 1 is 0.441 bits per heavy atom. The van der Waals surface area contributed by atoms with Gasteiger partial charge in [0, 0.05) is 0 Å². The smallest absolute Gasteiger partial charge is 0.785 e. The van der Waals surface area contributed by atoms with E-state index in [9.17, 15) is 0 Å². The molecule has 9 saturated carbocycles. The van der Waals surface area contributed by atoms with Crippen molar-refractivity contribution in [2.75, 3.05) is 0 Å². The molecule has 9 rings (SSSR count). The Kier molecular flexibility index (Phi) is 8.35. The van der Waals surface area contributed by atoms with Gasteiger partial charge in [-0.15, -0.1) is 14.2 Å². The molecule has 198 valence electrons. The van der Waals surface area contributed by atoms with Crippen molar-refractivity contribution in [1.29, 1.82) is 0 Å². The summed E-state index contributed by atoms with van der Waals surface area (Å²) in [5, 5.41) is 0. The van der Waals surface area contributed by atoms with Crippen LogP contribution >= 0.6 is 0 Å². The molecule has 4 heteroatoms. The third kappa shape index (κ3) is 4.01. The van der Waals surface area contributed by atoms with E-state index in [2.05, 4.69) is 62.3 Å². The van der Waals surface area contributed by atoms with Gasteiger partial charge in [0.1, 0.15) is 0 Å². The number of hydrogen-bond acceptors (Lipinski definition) is 3. The molecule has 0 heterocycles. The zero-order valence-corrected chi connectivity index (χ0v) is 27.5. The van der Waals surface area contributed by atoms with Crippen LogP contribution in [0.2, 0.25) is 0 Å². The number of fused-ring (bicyclic) bond motifs is 6. The summed E-state index contributed by atoms with van der Waals surface area (Å²) in [6, 6.07) is 0. The van der Waals surface area contributed by atoms with E-state index in [1.165, 1.54) is 57.8 Å². The van der Waals surface area contributed by atoms with E-state index in [0.717, 1.165) is 35.5 Å². The number of hydrogen-bond donors (Lipinski definition) is 0. The van der Waals surface area contributed by atoms with Gasteiger partial charge in [-0.2, -0.15) is 0 Å². The SMILES string of the molecule is CC1CCC2CC1([S-])C2(C)C.CC1CCC2CC1([S-])C2(C)C.CC1CCC2CC1([S-])C2(C)C.[Rh+3]. The minimum absolute atomic E-state index is 0. The first kappa shape index (κ1) is 30.2. The average Bonchev–Trinajstić information content (AvgIpc) is 2.74. The molecule has 0 aromatic rings. The van der Waals surface area contributed by atoms with Crippen molar-refractivity contribution in [2.45, 2.75) is 134 Å². The maximum absolute atomic E-state index is 5.72. The van der Waals surface area contributed by atoms with Gasteiger partial charge in [-0.05, 0) is 53.3 Å². The third-order valence-corrected chi connectivity index (χ3v) is 16.5. The molecule has 9 fully saturated rings. The van der Waals surface area contributed by atoms with Gasteiger partial charge in [0.2, 0.25) is 0 Å². The van der Waals surface area contributed by atoms with Gasteiger partial charge < -0.3 is 37.9 Å².